The zero-order valence-electron chi connectivity index (χ0n) is 14.3. The van der Waals surface area contributed by atoms with Gasteiger partial charge in [0.25, 0.3) is 0 Å². The fourth-order valence-electron chi connectivity index (χ4n) is 5.45. The summed E-state index contributed by atoms with van der Waals surface area (Å²) in [6, 6.07) is 3.70. The van der Waals surface area contributed by atoms with Gasteiger partial charge in [0.05, 0.1) is 18.7 Å². The average molecular weight is 356 g/mol. The van der Waals surface area contributed by atoms with E-state index in [0.29, 0.717) is 22.4 Å². The van der Waals surface area contributed by atoms with Crippen molar-refractivity contribution in [3.63, 3.8) is 0 Å². The SMILES string of the molecule is [C-]#[N+]/C=C/c1ccc(C(OC)=C2C3CC4CC(C3)CC2C4)c(Cl)c1O. The Hall–Kier alpha value is -1.92. The van der Waals surface area contributed by atoms with Crippen LogP contribution in [0.15, 0.2) is 23.9 Å². The van der Waals surface area contributed by atoms with Crippen molar-refractivity contribution < 1.29 is 9.84 Å². The highest BCUT2D eigenvalue weighted by Crippen LogP contribution is 2.58. The molecule has 0 aromatic heterocycles. The lowest BCUT2D eigenvalue weighted by Crippen LogP contribution is -2.40. The summed E-state index contributed by atoms with van der Waals surface area (Å²) in [6.07, 6.45) is 9.37. The van der Waals surface area contributed by atoms with E-state index in [1.165, 1.54) is 43.9 Å². The molecule has 4 aliphatic carbocycles. The Morgan fingerprint density at radius 2 is 1.84 bits per heavy atom. The second kappa shape index (κ2) is 6.42. The van der Waals surface area contributed by atoms with Gasteiger partial charge in [-0.05, 0) is 67.4 Å². The first-order valence-electron chi connectivity index (χ1n) is 8.95. The maximum absolute atomic E-state index is 10.4. The molecule has 4 fully saturated rings. The molecule has 0 unspecified atom stereocenters. The van der Waals surface area contributed by atoms with E-state index in [0.717, 1.165) is 23.2 Å². The van der Waals surface area contributed by atoms with Crippen molar-refractivity contribution in [3.8, 4) is 5.75 Å². The van der Waals surface area contributed by atoms with Crippen LogP contribution in [0.5, 0.6) is 5.75 Å². The molecule has 0 atom stereocenters. The number of halogens is 1. The first kappa shape index (κ1) is 16.5. The Morgan fingerprint density at radius 3 is 2.40 bits per heavy atom. The van der Waals surface area contributed by atoms with Crippen LogP contribution in [-0.4, -0.2) is 12.2 Å². The topological polar surface area (TPSA) is 33.8 Å². The van der Waals surface area contributed by atoms with E-state index in [-0.39, 0.29) is 5.75 Å². The van der Waals surface area contributed by atoms with Gasteiger partial charge in [0.15, 0.2) is 6.20 Å². The Kier molecular flexibility index (Phi) is 4.25. The Labute approximate surface area is 153 Å². The molecule has 0 heterocycles. The standard InChI is InChI=1S/C21H22ClNO2/c1-23-6-5-14-3-4-17(19(22)20(14)24)21(25-2)18-15-8-12-7-13(10-15)11-16(18)9-12/h3-6,12-13,15-16,24H,7-11H2,2H3/b6-5+,21-18?. The van der Waals surface area contributed by atoms with Crippen LogP contribution in [0, 0.1) is 30.2 Å². The van der Waals surface area contributed by atoms with Crippen molar-refractivity contribution in [2.24, 2.45) is 23.7 Å². The number of hydrogen-bond donors (Lipinski definition) is 1. The molecule has 0 spiro atoms. The molecule has 0 radical (unpaired) electrons. The number of rotatable bonds is 3. The molecule has 5 rings (SSSR count). The van der Waals surface area contributed by atoms with Crippen LogP contribution >= 0.6 is 11.6 Å². The van der Waals surface area contributed by atoms with Gasteiger partial charge in [0.2, 0.25) is 0 Å². The minimum Gasteiger partial charge on any atom is -0.506 e. The molecule has 1 N–H and O–H groups in total. The zero-order valence-corrected chi connectivity index (χ0v) is 15.1. The van der Waals surface area contributed by atoms with E-state index >= 15 is 0 Å². The van der Waals surface area contributed by atoms with Crippen LogP contribution in [-0.2, 0) is 4.74 Å². The van der Waals surface area contributed by atoms with Gasteiger partial charge in [-0.1, -0.05) is 23.7 Å². The Morgan fingerprint density at radius 1 is 1.20 bits per heavy atom. The van der Waals surface area contributed by atoms with E-state index in [2.05, 4.69) is 4.85 Å². The van der Waals surface area contributed by atoms with Crippen LogP contribution in [0.3, 0.4) is 0 Å². The van der Waals surface area contributed by atoms with E-state index in [1.807, 2.05) is 6.07 Å². The number of nitrogens with zero attached hydrogens (tertiary/aromatic N) is 1. The van der Waals surface area contributed by atoms with Gasteiger partial charge in [-0.15, -0.1) is 0 Å². The molecule has 4 aliphatic rings. The van der Waals surface area contributed by atoms with Crippen LogP contribution in [0.1, 0.15) is 43.2 Å². The van der Waals surface area contributed by atoms with Crippen molar-refractivity contribution in [2.75, 3.05) is 7.11 Å². The number of allylic oxidation sites excluding steroid dienone is 1. The molecule has 4 heteroatoms. The van der Waals surface area contributed by atoms with Crippen molar-refractivity contribution in [1.82, 2.24) is 0 Å². The molecule has 0 amide bonds. The third-order valence-electron chi connectivity index (χ3n) is 6.20. The first-order valence-corrected chi connectivity index (χ1v) is 9.33. The van der Waals surface area contributed by atoms with E-state index in [4.69, 9.17) is 22.9 Å². The number of aromatic hydroxyl groups is 1. The van der Waals surface area contributed by atoms with Gasteiger partial charge in [0.1, 0.15) is 11.5 Å². The highest BCUT2D eigenvalue weighted by molar-refractivity contribution is 6.34. The zero-order chi connectivity index (χ0) is 17.6. The highest BCUT2D eigenvalue weighted by atomic mass is 35.5. The minimum atomic E-state index is 0.0121. The molecule has 4 bridgehead atoms. The predicted molar refractivity (Wildman–Crippen MR) is 99.7 cm³/mol. The molecule has 130 valence electrons. The number of hydrogen-bond acceptors (Lipinski definition) is 2. The fraction of sp³-hybridized carbons (Fsp3) is 0.476. The second-order valence-corrected chi connectivity index (χ2v) is 7.98. The fourth-order valence-corrected chi connectivity index (χ4v) is 5.71. The number of ether oxygens (including phenoxy) is 1. The molecule has 25 heavy (non-hydrogen) atoms. The summed E-state index contributed by atoms with van der Waals surface area (Å²) in [4.78, 5) is 3.18. The Balaban J connectivity index is 1.78. The molecular formula is C21H22ClNO2. The summed E-state index contributed by atoms with van der Waals surface area (Å²) in [5, 5.41) is 10.7. The molecule has 0 aliphatic heterocycles. The number of benzene rings is 1. The maximum atomic E-state index is 10.4. The van der Waals surface area contributed by atoms with Gasteiger partial charge in [-0.25, -0.2) is 4.85 Å². The lowest BCUT2D eigenvalue weighted by molar-refractivity contribution is 0.0675. The molecule has 1 aromatic rings. The van der Waals surface area contributed by atoms with Crippen molar-refractivity contribution in [1.29, 1.82) is 0 Å². The van der Waals surface area contributed by atoms with Crippen molar-refractivity contribution in [2.45, 2.75) is 32.1 Å². The summed E-state index contributed by atoms with van der Waals surface area (Å²) in [5.74, 6) is 3.84. The van der Waals surface area contributed by atoms with E-state index < -0.39 is 0 Å². The monoisotopic (exact) mass is 355 g/mol. The van der Waals surface area contributed by atoms with Crippen LogP contribution in [0.2, 0.25) is 5.02 Å². The third-order valence-corrected chi connectivity index (χ3v) is 6.59. The first-order chi connectivity index (χ1) is 12.1. The molecular weight excluding hydrogens is 334 g/mol. The minimum absolute atomic E-state index is 0.0121. The second-order valence-electron chi connectivity index (χ2n) is 7.60. The van der Waals surface area contributed by atoms with Crippen molar-refractivity contribution in [3.05, 3.63) is 51.5 Å². The third kappa shape index (κ3) is 2.73. The number of methoxy groups -OCH3 is 1. The smallest absolute Gasteiger partial charge is 0.154 e. The summed E-state index contributed by atoms with van der Waals surface area (Å²) in [5.41, 5.74) is 2.74. The van der Waals surface area contributed by atoms with Crippen LogP contribution in [0.4, 0.5) is 0 Å². The maximum Gasteiger partial charge on any atom is 0.154 e. The summed E-state index contributed by atoms with van der Waals surface area (Å²) in [7, 11) is 1.70. The van der Waals surface area contributed by atoms with E-state index in [1.54, 1.807) is 19.3 Å². The van der Waals surface area contributed by atoms with Gasteiger partial charge >= 0.3 is 0 Å². The molecule has 0 saturated heterocycles. The van der Waals surface area contributed by atoms with Crippen molar-refractivity contribution >= 4 is 23.4 Å². The quantitative estimate of drug-likeness (QED) is 0.553. The Bertz CT molecular complexity index is 773. The molecule has 1 aromatic carbocycles. The summed E-state index contributed by atoms with van der Waals surface area (Å²) >= 11 is 6.49. The predicted octanol–water partition coefficient (Wildman–Crippen LogP) is 5.75. The largest absolute Gasteiger partial charge is 0.506 e. The van der Waals surface area contributed by atoms with Gasteiger partial charge in [-0.2, -0.15) is 0 Å². The lowest BCUT2D eigenvalue weighted by Gasteiger charge is -2.51. The van der Waals surface area contributed by atoms with Gasteiger partial charge in [-0.3, -0.25) is 0 Å². The van der Waals surface area contributed by atoms with Crippen LogP contribution < -0.4 is 0 Å². The van der Waals surface area contributed by atoms with Gasteiger partial charge in [0, 0.05) is 11.1 Å². The summed E-state index contributed by atoms with van der Waals surface area (Å²) < 4.78 is 5.84. The molecule has 4 saturated carbocycles. The summed E-state index contributed by atoms with van der Waals surface area (Å²) in [6.45, 7) is 6.84. The average Bonchev–Trinajstić information content (AvgIpc) is 2.59. The van der Waals surface area contributed by atoms with Crippen LogP contribution in [0.25, 0.3) is 16.7 Å². The number of phenolic OH excluding ortho intramolecular Hbond substituents is 1. The lowest BCUT2D eigenvalue weighted by atomic mass is 9.54. The highest BCUT2D eigenvalue weighted by Gasteiger charge is 2.46. The normalized spacial score (nSPS) is 29.9. The number of phenols is 1. The van der Waals surface area contributed by atoms with E-state index in [9.17, 15) is 5.11 Å². The van der Waals surface area contributed by atoms with Gasteiger partial charge < -0.3 is 9.84 Å². The molecule has 3 nitrogen and oxygen atoms in total.